The smallest absolute Gasteiger partial charge is 0.324 e. The third-order valence-electron chi connectivity index (χ3n) is 1.59. The summed E-state index contributed by atoms with van der Waals surface area (Å²) < 4.78 is 47.8. The summed E-state index contributed by atoms with van der Waals surface area (Å²) in [5, 5.41) is 1.66. The minimum Gasteiger partial charge on any atom is -0.348 e. The van der Waals surface area contributed by atoms with Gasteiger partial charge in [0.25, 0.3) is 0 Å². The molecule has 0 aromatic heterocycles. The molecule has 0 saturated carbocycles. The van der Waals surface area contributed by atoms with Crippen molar-refractivity contribution in [2.75, 3.05) is 6.54 Å². The van der Waals surface area contributed by atoms with Crippen molar-refractivity contribution in [3.05, 3.63) is 0 Å². The molecule has 1 unspecified atom stereocenters. The first-order valence-electron chi connectivity index (χ1n) is 4.00. The zero-order chi connectivity index (χ0) is 11.4. The van der Waals surface area contributed by atoms with Gasteiger partial charge in [0.05, 0.1) is 12.6 Å². The van der Waals surface area contributed by atoms with Crippen molar-refractivity contribution in [2.24, 2.45) is 5.73 Å². The molecule has 3 nitrogen and oxygen atoms in total. The second kappa shape index (κ2) is 5.14. The van der Waals surface area contributed by atoms with Crippen LogP contribution in [0.3, 0.4) is 0 Å². The van der Waals surface area contributed by atoms with Gasteiger partial charge in [-0.15, -0.1) is 0 Å². The summed E-state index contributed by atoms with van der Waals surface area (Å²) in [6.07, 6.45) is -3.54. The number of hydrogen-bond acceptors (Lipinski definition) is 2. The predicted molar refractivity (Wildman–Crippen MR) is 42.2 cm³/mol. The molecule has 14 heavy (non-hydrogen) atoms. The van der Waals surface area contributed by atoms with E-state index in [-0.39, 0.29) is 6.42 Å². The molecule has 0 aromatic rings. The van der Waals surface area contributed by atoms with Gasteiger partial charge in [0, 0.05) is 0 Å². The molecule has 0 aromatic carbocycles. The first kappa shape index (κ1) is 13.2. The van der Waals surface area contributed by atoms with Crippen LogP contribution in [0.2, 0.25) is 0 Å². The van der Waals surface area contributed by atoms with Crippen molar-refractivity contribution >= 4 is 5.91 Å². The van der Waals surface area contributed by atoms with Gasteiger partial charge in [-0.3, -0.25) is 4.79 Å². The summed E-state index contributed by atoms with van der Waals surface area (Å²) in [5.41, 5.74) is 5.18. The van der Waals surface area contributed by atoms with E-state index in [1.54, 1.807) is 12.2 Å². The van der Waals surface area contributed by atoms with Gasteiger partial charge >= 0.3 is 12.3 Å². The SMILES string of the molecule is CCC(N)C(=O)NCC(F)(F)C(F)F. The number of carbonyl (C=O) groups is 1. The third kappa shape index (κ3) is 3.91. The molecule has 0 heterocycles. The van der Waals surface area contributed by atoms with Crippen LogP contribution in [0.1, 0.15) is 13.3 Å². The van der Waals surface area contributed by atoms with Gasteiger partial charge in [-0.2, -0.15) is 8.78 Å². The van der Waals surface area contributed by atoms with E-state index >= 15 is 0 Å². The minimum absolute atomic E-state index is 0.256. The molecule has 84 valence electrons. The van der Waals surface area contributed by atoms with Crippen LogP contribution in [0.15, 0.2) is 0 Å². The highest BCUT2D eigenvalue weighted by molar-refractivity contribution is 5.81. The Kier molecular flexibility index (Phi) is 4.82. The maximum Gasteiger partial charge on any atom is 0.324 e. The van der Waals surface area contributed by atoms with E-state index in [1.807, 2.05) is 0 Å². The van der Waals surface area contributed by atoms with Crippen LogP contribution in [0.4, 0.5) is 17.6 Å². The molecular formula is C7H12F4N2O. The Hall–Kier alpha value is -0.850. The Labute approximate surface area is 78.6 Å². The second-order valence-corrected chi connectivity index (χ2v) is 2.79. The fourth-order valence-electron chi connectivity index (χ4n) is 0.599. The van der Waals surface area contributed by atoms with Crippen molar-refractivity contribution in [3.63, 3.8) is 0 Å². The first-order chi connectivity index (χ1) is 6.31. The Balaban J connectivity index is 4.00. The Morgan fingerprint density at radius 1 is 1.50 bits per heavy atom. The summed E-state index contributed by atoms with van der Waals surface area (Å²) in [6.45, 7) is 0.187. The lowest BCUT2D eigenvalue weighted by Gasteiger charge is -2.17. The van der Waals surface area contributed by atoms with Gasteiger partial charge in [0.1, 0.15) is 0 Å². The van der Waals surface area contributed by atoms with Crippen LogP contribution in [0, 0.1) is 0 Å². The highest BCUT2D eigenvalue weighted by Crippen LogP contribution is 2.21. The Morgan fingerprint density at radius 3 is 2.36 bits per heavy atom. The highest BCUT2D eigenvalue weighted by Gasteiger charge is 2.40. The fourth-order valence-corrected chi connectivity index (χ4v) is 0.599. The van der Waals surface area contributed by atoms with E-state index in [4.69, 9.17) is 5.73 Å². The quantitative estimate of drug-likeness (QED) is 0.666. The van der Waals surface area contributed by atoms with Gasteiger partial charge in [0.15, 0.2) is 0 Å². The molecule has 0 spiro atoms. The predicted octanol–water partition coefficient (Wildman–Crippen LogP) is 0.740. The van der Waals surface area contributed by atoms with E-state index in [0.717, 1.165) is 0 Å². The summed E-state index contributed by atoms with van der Waals surface area (Å²) in [4.78, 5) is 10.8. The highest BCUT2D eigenvalue weighted by atomic mass is 19.3. The molecule has 0 radical (unpaired) electrons. The van der Waals surface area contributed by atoms with E-state index in [0.29, 0.717) is 0 Å². The summed E-state index contributed by atoms with van der Waals surface area (Å²) in [5.74, 6) is -5.06. The van der Waals surface area contributed by atoms with E-state index in [2.05, 4.69) is 0 Å². The molecule has 0 aliphatic carbocycles. The molecule has 0 fully saturated rings. The number of hydrogen-bond donors (Lipinski definition) is 2. The number of rotatable bonds is 5. The zero-order valence-electron chi connectivity index (χ0n) is 7.57. The molecule has 0 aliphatic rings. The minimum atomic E-state index is -4.21. The van der Waals surface area contributed by atoms with Gasteiger partial charge in [0.2, 0.25) is 5.91 Å². The van der Waals surface area contributed by atoms with E-state index < -0.39 is 30.8 Å². The van der Waals surface area contributed by atoms with Crippen LogP contribution in [0.25, 0.3) is 0 Å². The Bertz CT molecular complexity index is 198. The van der Waals surface area contributed by atoms with Crippen molar-refractivity contribution in [1.82, 2.24) is 5.32 Å². The molecule has 0 aliphatic heterocycles. The lowest BCUT2D eigenvalue weighted by Crippen LogP contribution is -2.47. The van der Waals surface area contributed by atoms with Gasteiger partial charge < -0.3 is 11.1 Å². The fraction of sp³-hybridized carbons (Fsp3) is 0.857. The number of nitrogens with one attached hydrogen (secondary N) is 1. The van der Waals surface area contributed by atoms with Crippen molar-refractivity contribution in [2.45, 2.75) is 31.7 Å². The molecule has 1 amide bonds. The number of alkyl halides is 4. The van der Waals surface area contributed by atoms with Crippen molar-refractivity contribution in [3.8, 4) is 0 Å². The maximum atomic E-state index is 12.3. The van der Waals surface area contributed by atoms with Crippen LogP contribution in [-0.4, -0.2) is 30.8 Å². The topological polar surface area (TPSA) is 55.1 Å². The summed E-state index contributed by atoms with van der Waals surface area (Å²) >= 11 is 0. The van der Waals surface area contributed by atoms with Crippen LogP contribution >= 0.6 is 0 Å². The van der Waals surface area contributed by atoms with E-state index in [9.17, 15) is 22.4 Å². The first-order valence-corrected chi connectivity index (χ1v) is 4.00. The summed E-state index contributed by atoms with van der Waals surface area (Å²) in [6, 6.07) is -0.941. The number of carbonyl (C=O) groups excluding carboxylic acids is 1. The molecule has 3 N–H and O–H groups in total. The van der Waals surface area contributed by atoms with Crippen LogP contribution < -0.4 is 11.1 Å². The number of halogens is 4. The summed E-state index contributed by atoms with van der Waals surface area (Å²) in [7, 11) is 0. The zero-order valence-corrected chi connectivity index (χ0v) is 7.57. The molecule has 7 heteroatoms. The standard InChI is InChI=1S/C7H12F4N2O/c1-2-4(12)5(14)13-3-7(10,11)6(8)9/h4,6H,2-3,12H2,1H3,(H,13,14). The van der Waals surface area contributed by atoms with Crippen LogP contribution in [-0.2, 0) is 4.79 Å². The molecule has 1 atom stereocenters. The maximum absolute atomic E-state index is 12.3. The second-order valence-electron chi connectivity index (χ2n) is 2.79. The Morgan fingerprint density at radius 2 is 2.00 bits per heavy atom. The average molecular weight is 216 g/mol. The molecular weight excluding hydrogens is 204 g/mol. The number of amides is 1. The normalized spacial score (nSPS) is 14.2. The van der Waals surface area contributed by atoms with Gasteiger partial charge in [-0.1, -0.05) is 6.92 Å². The van der Waals surface area contributed by atoms with Crippen molar-refractivity contribution in [1.29, 1.82) is 0 Å². The average Bonchev–Trinajstić information content (AvgIpc) is 2.12. The lowest BCUT2D eigenvalue weighted by atomic mass is 10.2. The van der Waals surface area contributed by atoms with Gasteiger partial charge in [-0.05, 0) is 6.42 Å². The van der Waals surface area contributed by atoms with Crippen molar-refractivity contribution < 1.29 is 22.4 Å². The number of nitrogens with two attached hydrogens (primary N) is 1. The molecule has 0 rings (SSSR count). The third-order valence-corrected chi connectivity index (χ3v) is 1.59. The monoisotopic (exact) mass is 216 g/mol. The lowest BCUT2D eigenvalue weighted by molar-refractivity contribution is -0.137. The van der Waals surface area contributed by atoms with Gasteiger partial charge in [-0.25, -0.2) is 8.78 Å². The van der Waals surface area contributed by atoms with Crippen LogP contribution in [0.5, 0.6) is 0 Å². The molecule has 0 bridgehead atoms. The molecule has 0 saturated heterocycles. The largest absolute Gasteiger partial charge is 0.348 e. The van der Waals surface area contributed by atoms with E-state index in [1.165, 1.54) is 0 Å².